The van der Waals surface area contributed by atoms with Crippen molar-refractivity contribution in [3.8, 4) is 22.5 Å². The first kappa shape index (κ1) is 28.9. The van der Waals surface area contributed by atoms with E-state index in [0.29, 0.717) is 13.2 Å². The normalized spacial score (nSPS) is 23.7. The summed E-state index contributed by atoms with van der Waals surface area (Å²) in [4.78, 5) is 31.5. The van der Waals surface area contributed by atoms with Gasteiger partial charge in [-0.25, -0.2) is 0 Å². The zero-order valence-corrected chi connectivity index (χ0v) is 27.8. The van der Waals surface area contributed by atoms with E-state index in [1.807, 2.05) is 60.7 Å². The van der Waals surface area contributed by atoms with Gasteiger partial charge < -0.3 is 30.1 Å². The van der Waals surface area contributed by atoms with Crippen molar-refractivity contribution in [2.24, 2.45) is 0 Å². The third-order valence-electron chi connectivity index (χ3n) is 10.3. The third-order valence-corrected chi connectivity index (χ3v) is 10.3. The summed E-state index contributed by atoms with van der Waals surface area (Å²) in [6.45, 7) is 2.88. The minimum Gasteiger partial charge on any atom is -0.369 e. The number of hydrogen-bond acceptors (Lipinski definition) is 6. The molecule has 2 atom stereocenters. The van der Waals surface area contributed by atoms with Crippen molar-refractivity contribution in [1.82, 2.24) is 20.6 Å². The fourth-order valence-electron chi connectivity index (χ4n) is 7.88. The van der Waals surface area contributed by atoms with Crippen LogP contribution in [0, 0.1) is 0 Å². The zero-order chi connectivity index (χ0) is 35.5. The summed E-state index contributed by atoms with van der Waals surface area (Å²) in [6, 6.07) is 26.6. The van der Waals surface area contributed by atoms with Crippen LogP contribution in [-0.2, 0) is 22.7 Å². The van der Waals surface area contributed by atoms with Gasteiger partial charge >= 0.3 is 0 Å². The molecule has 0 unspecified atom stereocenters. The van der Waals surface area contributed by atoms with Gasteiger partial charge in [0.05, 0.1) is 27.3 Å². The van der Waals surface area contributed by atoms with E-state index < -0.39 is 12.0 Å². The van der Waals surface area contributed by atoms with E-state index in [9.17, 15) is 9.59 Å². The van der Waals surface area contributed by atoms with Crippen LogP contribution in [0.2, 0.25) is 0 Å². The maximum atomic E-state index is 12.3. The Morgan fingerprint density at radius 1 is 0.560 bits per heavy atom. The number of carbonyl (C=O) groups excluding carboxylic acids is 2. The van der Waals surface area contributed by atoms with Gasteiger partial charge in [-0.1, -0.05) is 72.8 Å². The monoisotopic (exact) mass is 666 g/mol. The van der Waals surface area contributed by atoms with Crippen molar-refractivity contribution in [2.45, 2.75) is 50.9 Å². The van der Waals surface area contributed by atoms with Crippen LogP contribution < -0.4 is 10.6 Å². The Balaban J connectivity index is 0.000000138. The topological polar surface area (TPSA) is 108 Å². The summed E-state index contributed by atoms with van der Waals surface area (Å²) in [6.07, 6.45) is 3.74. The molecule has 4 N–H and O–H groups in total. The summed E-state index contributed by atoms with van der Waals surface area (Å²) in [7, 11) is 0. The van der Waals surface area contributed by atoms with E-state index in [-0.39, 0.29) is 24.8 Å². The Kier molecular flexibility index (Phi) is 7.59. The molecule has 6 aromatic rings. The van der Waals surface area contributed by atoms with Crippen molar-refractivity contribution in [2.75, 3.05) is 26.3 Å². The first-order valence-corrected chi connectivity index (χ1v) is 17.5. The Bertz CT molecular complexity index is 2170. The minimum absolute atomic E-state index is 0.0266. The second kappa shape index (κ2) is 13.1. The van der Waals surface area contributed by atoms with Gasteiger partial charge in [0.15, 0.2) is 11.6 Å². The number of H-pyrrole nitrogens is 2. The standard InChI is InChI=1S/2C21H20N2O2/c2*24-19-12-25-11-16-20-15(19)3-1-4-18(20)23-21(16)14-8-6-13(7-9-14)17-5-2-10-22-17/h2*1,3-4,6-9,17,22-23H,2,5,10-12H2/t2*17-/m10/s1/i2*17D. The molecule has 252 valence electrons. The Morgan fingerprint density at radius 2 is 1.00 bits per heavy atom. The van der Waals surface area contributed by atoms with E-state index >= 15 is 0 Å². The van der Waals surface area contributed by atoms with Gasteiger partial charge in [0.25, 0.3) is 0 Å². The number of Topliss-reactive ketones (excluding diaryl/α,β-unsaturated/α-hetero) is 2. The highest BCUT2D eigenvalue weighted by Crippen LogP contribution is 2.37. The number of rotatable bonds is 4. The Morgan fingerprint density at radius 3 is 1.40 bits per heavy atom. The van der Waals surface area contributed by atoms with Gasteiger partial charge in [-0.2, -0.15) is 0 Å². The average molecular weight is 667 g/mol. The molecule has 8 nitrogen and oxygen atoms in total. The van der Waals surface area contributed by atoms with Gasteiger partial charge in [-0.05, 0) is 73.2 Å². The maximum absolute atomic E-state index is 12.3. The van der Waals surface area contributed by atoms with Crippen LogP contribution in [0.4, 0.5) is 0 Å². The molecule has 4 aliphatic heterocycles. The lowest BCUT2D eigenvalue weighted by atomic mass is 9.99. The molecule has 8 heteroatoms. The summed E-state index contributed by atoms with van der Waals surface area (Å²) in [5.74, 6) is 0.0532. The van der Waals surface area contributed by atoms with Crippen molar-refractivity contribution in [1.29, 1.82) is 0 Å². The van der Waals surface area contributed by atoms with Crippen molar-refractivity contribution < 1.29 is 21.8 Å². The van der Waals surface area contributed by atoms with E-state index in [1.165, 1.54) is 0 Å². The van der Waals surface area contributed by atoms with Crippen molar-refractivity contribution >= 4 is 33.4 Å². The lowest BCUT2D eigenvalue weighted by Crippen LogP contribution is -2.12. The molecule has 10 rings (SSSR count). The lowest BCUT2D eigenvalue weighted by molar-refractivity contribution is 0.0738. The summed E-state index contributed by atoms with van der Waals surface area (Å²) in [5.41, 5.74) is 11.5. The summed E-state index contributed by atoms with van der Waals surface area (Å²) >= 11 is 0. The number of ketones is 2. The fourth-order valence-corrected chi connectivity index (χ4v) is 7.88. The predicted molar refractivity (Wildman–Crippen MR) is 195 cm³/mol. The molecule has 0 bridgehead atoms. The van der Waals surface area contributed by atoms with E-state index in [4.69, 9.17) is 12.2 Å². The molecule has 0 spiro atoms. The predicted octanol–water partition coefficient (Wildman–Crippen LogP) is 7.94. The summed E-state index contributed by atoms with van der Waals surface area (Å²) < 4.78 is 28.4. The largest absolute Gasteiger partial charge is 0.369 e. The average Bonchev–Trinajstić information content (AvgIpc) is 3.94. The second-order valence-corrected chi connectivity index (χ2v) is 13.4. The van der Waals surface area contributed by atoms with E-state index in [0.717, 1.165) is 116 Å². The van der Waals surface area contributed by atoms with Crippen molar-refractivity contribution in [3.05, 3.63) is 118 Å². The highest BCUT2D eigenvalue weighted by molar-refractivity contribution is 6.12. The molecule has 0 radical (unpaired) electrons. The quantitative estimate of drug-likeness (QED) is 0.152. The maximum Gasteiger partial charge on any atom is 0.189 e. The molecule has 0 amide bonds. The van der Waals surface area contributed by atoms with Crippen LogP contribution in [0.1, 0.15) is 83.4 Å². The van der Waals surface area contributed by atoms with Gasteiger partial charge in [-0.3, -0.25) is 9.59 Å². The molecule has 2 saturated heterocycles. The number of aromatic amines is 2. The van der Waals surface area contributed by atoms with Gasteiger partial charge in [0.1, 0.15) is 13.2 Å². The molecule has 2 aromatic heterocycles. The summed E-state index contributed by atoms with van der Waals surface area (Å²) in [5, 5.41) is 8.52. The van der Waals surface area contributed by atoms with Gasteiger partial charge in [0, 0.05) is 56.1 Å². The number of benzene rings is 4. The van der Waals surface area contributed by atoms with Crippen LogP contribution in [0.3, 0.4) is 0 Å². The number of carbonyl (C=O) groups is 2. The van der Waals surface area contributed by atoms with Gasteiger partial charge in [0.2, 0.25) is 0 Å². The fraction of sp³-hybridized carbons (Fsp3) is 0.286. The molecule has 6 heterocycles. The molecule has 50 heavy (non-hydrogen) atoms. The molecule has 2 fully saturated rings. The van der Waals surface area contributed by atoms with Gasteiger partial charge in [-0.15, -0.1) is 0 Å². The highest BCUT2D eigenvalue weighted by Gasteiger charge is 2.25. The van der Waals surface area contributed by atoms with Crippen LogP contribution >= 0.6 is 0 Å². The molecular weight excluding hydrogens is 624 g/mol. The Labute approximate surface area is 293 Å². The van der Waals surface area contributed by atoms with Crippen LogP contribution in [0.5, 0.6) is 0 Å². The molecule has 0 aliphatic carbocycles. The van der Waals surface area contributed by atoms with E-state index in [2.05, 4.69) is 44.9 Å². The number of aromatic nitrogens is 2. The molecular formula is C42H40N4O4. The van der Waals surface area contributed by atoms with E-state index in [1.54, 1.807) is 0 Å². The van der Waals surface area contributed by atoms with Crippen LogP contribution in [-0.4, -0.2) is 47.8 Å². The molecule has 4 aromatic carbocycles. The highest BCUT2D eigenvalue weighted by atomic mass is 16.5. The first-order chi connectivity index (χ1) is 25.3. The smallest absolute Gasteiger partial charge is 0.189 e. The SMILES string of the molecule is [2H][C@@]1(c2ccc(-c3[nH]c4cccc5c4c3COCC5=O)cc2)CCCN1.[2H][C@]1(c2ccc(-c3[nH]c4cccc5c4c3COCC5=O)cc2)CCCN1. The zero-order valence-electron chi connectivity index (χ0n) is 29.8. The van der Waals surface area contributed by atoms with Crippen LogP contribution in [0.15, 0.2) is 84.9 Å². The number of ether oxygens (including phenoxy) is 2. The first-order valence-electron chi connectivity index (χ1n) is 18.5. The Hall–Kier alpha value is -4.86. The van der Waals surface area contributed by atoms with Crippen LogP contribution in [0.25, 0.3) is 44.3 Å². The lowest BCUT2D eigenvalue weighted by Gasteiger charge is -2.11. The third kappa shape index (κ3) is 5.58. The number of nitrogens with one attached hydrogen (secondary N) is 4. The minimum atomic E-state index is -0.673. The number of hydrogen-bond donors (Lipinski definition) is 4. The molecule has 4 aliphatic rings. The second-order valence-electron chi connectivity index (χ2n) is 13.4. The van der Waals surface area contributed by atoms with Crippen molar-refractivity contribution in [3.63, 3.8) is 0 Å². The molecule has 0 saturated carbocycles.